The molecule has 0 spiro atoms. The fourth-order valence-electron chi connectivity index (χ4n) is 7.20. The highest BCUT2D eigenvalue weighted by Gasteiger charge is 2.40. The number of rotatable bonds is 5. The van der Waals surface area contributed by atoms with Gasteiger partial charge in [-0.05, 0) is 74.6 Å². The Bertz CT molecular complexity index is 1540. The minimum Gasteiger partial charge on any atom is -0.508 e. The summed E-state index contributed by atoms with van der Waals surface area (Å²) in [5.41, 5.74) is 1.21. The minimum absolute atomic E-state index is 0.00541. The number of alkyl halides is 3. The van der Waals surface area contributed by atoms with E-state index in [-0.39, 0.29) is 36.1 Å². The van der Waals surface area contributed by atoms with Crippen molar-refractivity contribution in [3.8, 4) is 11.8 Å². The monoisotopic (exact) mass is 615 g/mol. The van der Waals surface area contributed by atoms with Gasteiger partial charge in [0.2, 0.25) is 0 Å². The standard InChI is InChI=1S/C25H25F3N4O3.C7H12FN/c1-3-15-16(26)8-7-13-10-14(33)11-19(20(13)15)32-12-17-21(24(32)34)23(30-25(29-17)35-2)31-9-5-4-6-18(31)22(27)28;8-6-4-7-2-1-3-9(7)5-6/h7-8,10-11,18,22,33H,3-6,9,12H2,1-2H3;6-7H,1-5H2. The van der Waals surface area contributed by atoms with Crippen molar-refractivity contribution in [2.75, 3.05) is 36.5 Å². The molecular weight excluding hydrogens is 578 g/mol. The van der Waals surface area contributed by atoms with E-state index in [0.29, 0.717) is 66.1 Å². The second kappa shape index (κ2) is 12.4. The van der Waals surface area contributed by atoms with Crippen LogP contribution in [0.2, 0.25) is 0 Å². The second-order valence-electron chi connectivity index (χ2n) is 11.9. The van der Waals surface area contributed by atoms with Crippen LogP contribution >= 0.6 is 0 Å². The third kappa shape index (κ3) is 5.52. The van der Waals surface area contributed by atoms with E-state index >= 15 is 0 Å². The Morgan fingerprint density at radius 1 is 1.11 bits per heavy atom. The molecule has 1 aromatic heterocycles. The van der Waals surface area contributed by atoms with Crippen molar-refractivity contribution in [3.05, 3.63) is 46.9 Å². The van der Waals surface area contributed by atoms with E-state index in [4.69, 9.17) is 4.74 Å². The first-order valence-electron chi connectivity index (χ1n) is 15.3. The topological polar surface area (TPSA) is 82.0 Å². The van der Waals surface area contributed by atoms with E-state index in [9.17, 15) is 27.5 Å². The molecule has 3 saturated heterocycles. The Morgan fingerprint density at radius 2 is 1.93 bits per heavy atom. The number of carbonyl (C=O) groups is 1. The molecular formula is C32H37F4N5O3. The molecule has 7 rings (SSSR count). The average Bonchev–Trinajstić information content (AvgIpc) is 3.69. The van der Waals surface area contributed by atoms with Crippen LogP contribution in [0.5, 0.6) is 11.8 Å². The van der Waals surface area contributed by atoms with Crippen LogP contribution in [0.25, 0.3) is 10.8 Å². The van der Waals surface area contributed by atoms with Crippen molar-refractivity contribution in [1.29, 1.82) is 0 Å². The van der Waals surface area contributed by atoms with Crippen LogP contribution in [0.4, 0.5) is 29.1 Å². The van der Waals surface area contributed by atoms with E-state index in [1.54, 1.807) is 6.07 Å². The summed E-state index contributed by atoms with van der Waals surface area (Å²) in [5.74, 6) is -0.862. The molecule has 3 atom stereocenters. The van der Waals surface area contributed by atoms with Crippen LogP contribution in [0.15, 0.2) is 24.3 Å². The van der Waals surface area contributed by atoms with Gasteiger partial charge in [0.1, 0.15) is 29.1 Å². The van der Waals surface area contributed by atoms with Gasteiger partial charge in [0, 0.05) is 30.6 Å². The third-order valence-corrected chi connectivity index (χ3v) is 9.24. The van der Waals surface area contributed by atoms with Gasteiger partial charge in [-0.15, -0.1) is 0 Å². The van der Waals surface area contributed by atoms with Crippen LogP contribution in [-0.4, -0.2) is 77.3 Å². The molecule has 3 unspecified atom stereocenters. The molecule has 12 heteroatoms. The lowest BCUT2D eigenvalue weighted by Gasteiger charge is -2.36. The average molecular weight is 616 g/mol. The lowest BCUT2D eigenvalue weighted by atomic mass is 9.99. The largest absolute Gasteiger partial charge is 0.508 e. The van der Waals surface area contributed by atoms with E-state index in [1.807, 2.05) is 6.92 Å². The number of amides is 1. The first-order chi connectivity index (χ1) is 21.2. The van der Waals surface area contributed by atoms with E-state index in [2.05, 4.69) is 14.9 Å². The maximum Gasteiger partial charge on any atom is 0.318 e. The zero-order valence-electron chi connectivity index (χ0n) is 24.9. The summed E-state index contributed by atoms with van der Waals surface area (Å²) in [6.07, 6.45) is 2.22. The van der Waals surface area contributed by atoms with Gasteiger partial charge in [-0.1, -0.05) is 13.0 Å². The number of aryl methyl sites for hydroxylation is 1. The predicted molar refractivity (Wildman–Crippen MR) is 159 cm³/mol. The minimum atomic E-state index is -2.61. The molecule has 0 saturated carbocycles. The number of halogens is 4. The van der Waals surface area contributed by atoms with Crippen LogP contribution < -0.4 is 14.5 Å². The number of aromatic nitrogens is 2. The molecule has 1 amide bonds. The van der Waals surface area contributed by atoms with Crippen LogP contribution in [0.3, 0.4) is 0 Å². The summed E-state index contributed by atoms with van der Waals surface area (Å²) >= 11 is 0. The maximum atomic E-state index is 14.7. The number of hydrogen-bond donors (Lipinski definition) is 1. The second-order valence-corrected chi connectivity index (χ2v) is 11.9. The number of anilines is 2. The normalized spacial score (nSPS) is 23.2. The highest BCUT2D eigenvalue weighted by Crippen LogP contribution is 2.42. The quantitative estimate of drug-likeness (QED) is 0.352. The lowest BCUT2D eigenvalue weighted by molar-refractivity contribution is 0.0969. The van der Waals surface area contributed by atoms with Crippen LogP contribution in [0, 0.1) is 5.82 Å². The fourth-order valence-corrected chi connectivity index (χ4v) is 7.20. The number of nitrogens with zero attached hydrogens (tertiary/aromatic N) is 5. The molecule has 8 nitrogen and oxygen atoms in total. The third-order valence-electron chi connectivity index (χ3n) is 9.24. The van der Waals surface area contributed by atoms with E-state index < -0.39 is 30.4 Å². The number of methoxy groups -OCH3 is 1. The summed E-state index contributed by atoms with van der Waals surface area (Å²) in [5, 5.41) is 11.5. The Labute approximate surface area is 253 Å². The lowest BCUT2D eigenvalue weighted by Crippen LogP contribution is -2.45. The smallest absolute Gasteiger partial charge is 0.318 e. The van der Waals surface area contributed by atoms with Crippen molar-refractivity contribution in [1.82, 2.24) is 14.9 Å². The molecule has 236 valence electrons. The number of piperidine rings is 1. The number of carbonyl (C=O) groups excluding carboxylic acids is 1. The van der Waals surface area contributed by atoms with Crippen LogP contribution in [-0.2, 0) is 13.0 Å². The van der Waals surface area contributed by atoms with Gasteiger partial charge >= 0.3 is 6.01 Å². The van der Waals surface area contributed by atoms with Gasteiger partial charge in [0.25, 0.3) is 12.3 Å². The number of ether oxygens (including phenoxy) is 1. The molecule has 3 fully saturated rings. The molecule has 0 radical (unpaired) electrons. The summed E-state index contributed by atoms with van der Waals surface area (Å²) in [4.78, 5) is 27.6. The molecule has 3 aromatic rings. The number of hydrogen-bond acceptors (Lipinski definition) is 7. The van der Waals surface area contributed by atoms with Gasteiger partial charge in [-0.3, -0.25) is 9.69 Å². The predicted octanol–water partition coefficient (Wildman–Crippen LogP) is 6.02. The number of phenols is 1. The summed E-state index contributed by atoms with van der Waals surface area (Å²) in [6.45, 7) is 4.00. The van der Waals surface area contributed by atoms with Crippen molar-refractivity contribution in [2.24, 2.45) is 0 Å². The van der Waals surface area contributed by atoms with Gasteiger partial charge in [-0.2, -0.15) is 9.97 Å². The van der Waals surface area contributed by atoms with Crippen molar-refractivity contribution in [3.63, 3.8) is 0 Å². The number of phenolic OH excluding ortho intramolecular Hbond substituents is 1. The zero-order chi connectivity index (χ0) is 31.1. The SMILES string of the molecule is CCc1c(F)ccc2cc(O)cc(N3Cc4nc(OC)nc(N5CCCCC5C(F)F)c4C3=O)c12.FC1CC2CCCN2C1. The maximum absolute atomic E-state index is 14.7. The van der Waals surface area contributed by atoms with Crippen LogP contribution in [0.1, 0.15) is 67.1 Å². The highest BCUT2D eigenvalue weighted by molar-refractivity contribution is 6.16. The van der Waals surface area contributed by atoms with Gasteiger partial charge in [-0.25, -0.2) is 17.6 Å². The van der Waals surface area contributed by atoms with Crippen molar-refractivity contribution >= 4 is 28.2 Å². The highest BCUT2D eigenvalue weighted by atomic mass is 19.3. The Morgan fingerprint density at radius 3 is 2.66 bits per heavy atom. The molecule has 44 heavy (non-hydrogen) atoms. The molecule has 4 aliphatic rings. The van der Waals surface area contributed by atoms with Gasteiger partial charge < -0.3 is 19.6 Å². The molecule has 5 heterocycles. The van der Waals surface area contributed by atoms with E-state index in [1.165, 1.54) is 48.0 Å². The van der Waals surface area contributed by atoms with Crippen molar-refractivity contribution in [2.45, 2.75) is 83.1 Å². The number of benzene rings is 2. The zero-order valence-corrected chi connectivity index (χ0v) is 24.9. The first kappa shape index (κ1) is 30.4. The van der Waals surface area contributed by atoms with Gasteiger partial charge in [0.05, 0.1) is 31.1 Å². The Hall–Kier alpha value is -3.67. The number of fused-ring (bicyclic) bond motifs is 3. The fraction of sp³-hybridized carbons (Fsp3) is 0.531. The summed E-state index contributed by atoms with van der Waals surface area (Å²) in [7, 11) is 1.37. The summed E-state index contributed by atoms with van der Waals surface area (Å²) in [6, 6.07) is 5.33. The molecule has 2 aromatic carbocycles. The Balaban J connectivity index is 0.000000323. The first-order valence-corrected chi connectivity index (χ1v) is 15.3. The molecule has 0 aliphatic carbocycles. The molecule has 0 bridgehead atoms. The molecule has 4 aliphatic heterocycles. The summed E-state index contributed by atoms with van der Waals surface area (Å²) < 4.78 is 60.3. The molecule has 1 N–H and O–H groups in total. The van der Waals surface area contributed by atoms with Crippen molar-refractivity contribution < 1.29 is 32.2 Å². The van der Waals surface area contributed by atoms with E-state index in [0.717, 1.165) is 13.0 Å². The number of aromatic hydroxyl groups is 1. The van der Waals surface area contributed by atoms with Gasteiger partial charge in [0.15, 0.2) is 0 Å². The Kier molecular flexibility index (Phi) is 8.54.